The van der Waals surface area contributed by atoms with E-state index in [1.807, 2.05) is 0 Å². The van der Waals surface area contributed by atoms with Crippen LogP contribution in [0.2, 0.25) is 0 Å². The maximum atomic E-state index is 11.7. The number of hydrogen-bond acceptors (Lipinski definition) is 6. The van der Waals surface area contributed by atoms with Crippen LogP contribution in [0.25, 0.3) is 11.3 Å². The van der Waals surface area contributed by atoms with Crippen LogP contribution in [0, 0.1) is 10.1 Å². The SMILES string of the molecule is CCOC(=O)c1cc(-c2ccc(C=O)o2)cc([N+](=O)[O-])c1. The first-order valence-corrected chi connectivity index (χ1v) is 6.07. The number of hydrogen-bond donors (Lipinski definition) is 0. The van der Waals surface area contributed by atoms with Gasteiger partial charge in [-0.3, -0.25) is 14.9 Å². The zero-order valence-electron chi connectivity index (χ0n) is 11.1. The molecule has 0 saturated heterocycles. The second kappa shape index (κ2) is 6.00. The Balaban J connectivity index is 2.51. The van der Waals surface area contributed by atoms with Crippen molar-refractivity contribution in [1.82, 2.24) is 0 Å². The zero-order chi connectivity index (χ0) is 15.4. The first-order valence-electron chi connectivity index (χ1n) is 6.07. The van der Waals surface area contributed by atoms with Gasteiger partial charge in [0.2, 0.25) is 0 Å². The molecule has 2 aromatic rings. The Bertz CT molecular complexity index is 703. The molecular weight excluding hydrogens is 278 g/mol. The molecule has 0 fully saturated rings. The second-order valence-corrected chi connectivity index (χ2v) is 4.07. The van der Waals surface area contributed by atoms with E-state index in [1.165, 1.54) is 24.3 Å². The number of furan rings is 1. The third kappa shape index (κ3) is 3.14. The van der Waals surface area contributed by atoms with Gasteiger partial charge in [0.1, 0.15) is 5.76 Å². The van der Waals surface area contributed by atoms with Gasteiger partial charge in [-0.05, 0) is 25.1 Å². The first-order chi connectivity index (χ1) is 10.0. The van der Waals surface area contributed by atoms with Crippen molar-refractivity contribution in [2.75, 3.05) is 6.61 Å². The van der Waals surface area contributed by atoms with Crippen LogP contribution in [0.4, 0.5) is 5.69 Å². The largest absolute Gasteiger partial charge is 0.462 e. The summed E-state index contributed by atoms with van der Waals surface area (Å²) in [6.45, 7) is 1.80. The number of benzene rings is 1. The summed E-state index contributed by atoms with van der Waals surface area (Å²) >= 11 is 0. The maximum absolute atomic E-state index is 11.7. The molecule has 0 radical (unpaired) electrons. The van der Waals surface area contributed by atoms with Gasteiger partial charge < -0.3 is 9.15 Å². The van der Waals surface area contributed by atoms with E-state index in [-0.39, 0.29) is 29.4 Å². The average molecular weight is 289 g/mol. The fourth-order valence-corrected chi connectivity index (χ4v) is 1.76. The lowest BCUT2D eigenvalue weighted by Gasteiger charge is -2.04. The molecule has 0 unspecified atom stereocenters. The molecule has 0 aliphatic heterocycles. The summed E-state index contributed by atoms with van der Waals surface area (Å²) in [5, 5.41) is 10.9. The van der Waals surface area contributed by atoms with E-state index in [1.54, 1.807) is 6.92 Å². The maximum Gasteiger partial charge on any atom is 0.338 e. The summed E-state index contributed by atoms with van der Waals surface area (Å²) in [6.07, 6.45) is 0.521. The van der Waals surface area contributed by atoms with Crippen molar-refractivity contribution in [3.05, 3.63) is 51.8 Å². The third-order valence-electron chi connectivity index (χ3n) is 2.67. The summed E-state index contributed by atoms with van der Waals surface area (Å²) in [7, 11) is 0. The number of esters is 1. The van der Waals surface area contributed by atoms with E-state index < -0.39 is 10.9 Å². The van der Waals surface area contributed by atoms with Gasteiger partial charge in [-0.2, -0.15) is 0 Å². The van der Waals surface area contributed by atoms with Crippen molar-refractivity contribution in [3.63, 3.8) is 0 Å². The molecule has 21 heavy (non-hydrogen) atoms. The molecule has 2 rings (SSSR count). The highest BCUT2D eigenvalue weighted by Gasteiger charge is 2.17. The van der Waals surface area contributed by atoms with Gasteiger partial charge in [0.15, 0.2) is 12.0 Å². The molecule has 7 heteroatoms. The molecule has 0 aliphatic carbocycles. The Labute approximate surface area is 119 Å². The zero-order valence-corrected chi connectivity index (χ0v) is 11.1. The van der Waals surface area contributed by atoms with Gasteiger partial charge in [-0.1, -0.05) is 0 Å². The van der Waals surface area contributed by atoms with E-state index in [0.29, 0.717) is 11.8 Å². The van der Waals surface area contributed by atoms with Gasteiger partial charge in [0.05, 0.1) is 17.1 Å². The van der Waals surface area contributed by atoms with E-state index in [2.05, 4.69) is 0 Å². The molecule has 0 aliphatic rings. The number of carbonyl (C=O) groups is 2. The van der Waals surface area contributed by atoms with Crippen LogP contribution < -0.4 is 0 Å². The lowest BCUT2D eigenvalue weighted by atomic mass is 10.1. The lowest BCUT2D eigenvalue weighted by Crippen LogP contribution is -2.05. The number of non-ortho nitro benzene ring substituents is 1. The fraction of sp³-hybridized carbons (Fsp3) is 0.143. The van der Waals surface area contributed by atoms with E-state index in [0.717, 1.165) is 6.07 Å². The lowest BCUT2D eigenvalue weighted by molar-refractivity contribution is -0.384. The highest BCUT2D eigenvalue weighted by atomic mass is 16.6. The Kier molecular flexibility index (Phi) is 4.13. The molecule has 0 bridgehead atoms. The van der Waals surface area contributed by atoms with E-state index >= 15 is 0 Å². The normalized spacial score (nSPS) is 10.1. The smallest absolute Gasteiger partial charge is 0.338 e. The summed E-state index contributed by atoms with van der Waals surface area (Å²) in [5.41, 5.74) is 0.102. The van der Waals surface area contributed by atoms with Crippen molar-refractivity contribution >= 4 is 17.9 Å². The minimum absolute atomic E-state index is 0.0464. The Morgan fingerprint density at radius 3 is 2.71 bits per heavy atom. The predicted octanol–water partition coefficient (Wildman–Crippen LogP) is 2.84. The second-order valence-electron chi connectivity index (χ2n) is 4.07. The quantitative estimate of drug-likeness (QED) is 0.363. The van der Waals surface area contributed by atoms with Crippen molar-refractivity contribution < 1.29 is 23.7 Å². The van der Waals surface area contributed by atoms with Crippen LogP contribution in [0.1, 0.15) is 27.8 Å². The number of aldehydes is 1. The molecular formula is C14H11NO6. The molecule has 0 spiro atoms. The van der Waals surface area contributed by atoms with Crippen molar-refractivity contribution in [2.45, 2.75) is 6.92 Å². The highest BCUT2D eigenvalue weighted by Crippen LogP contribution is 2.27. The van der Waals surface area contributed by atoms with Gasteiger partial charge in [-0.15, -0.1) is 0 Å². The van der Waals surface area contributed by atoms with Gasteiger partial charge in [0.25, 0.3) is 5.69 Å². The monoisotopic (exact) mass is 289 g/mol. The van der Waals surface area contributed by atoms with Crippen molar-refractivity contribution in [1.29, 1.82) is 0 Å². The third-order valence-corrected chi connectivity index (χ3v) is 2.67. The molecule has 7 nitrogen and oxygen atoms in total. The molecule has 1 heterocycles. The highest BCUT2D eigenvalue weighted by molar-refractivity contribution is 5.92. The molecule has 108 valence electrons. The van der Waals surface area contributed by atoms with Crippen LogP contribution in [-0.2, 0) is 4.74 Å². The number of carbonyl (C=O) groups excluding carboxylic acids is 2. The topological polar surface area (TPSA) is 99.7 Å². The number of nitrogens with zero attached hydrogens (tertiary/aromatic N) is 1. The van der Waals surface area contributed by atoms with Crippen LogP contribution in [0.15, 0.2) is 34.7 Å². The van der Waals surface area contributed by atoms with Gasteiger partial charge in [0, 0.05) is 17.7 Å². The fourth-order valence-electron chi connectivity index (χ4n) is 1.76. The van der Waals surface area contributed by atoms with Crippen LogP contribution in [-0.4, -0.2) is 23.8 Å². The summed E-state index contributed by atoms with van der Waals surface area (Å²) in [6, 6.07) is 6.74. The predicted molar refractivity (Wildman–Crippen MR) is 72.1 cm³/mol. The molecule has 0 N–H and O–H groups in total. The van der Waals surface area contributed by atoms with Crippen molar-refractivity contribution in [3.8, 4) is 11.3 Å². The van der Waals surface area contributed by atoms with Crippen LogP contribution >= 0.6 is 0 Å². The van der Waals surface area contributed by atoms with Crippen LogP contribution in [0.3, 0.4) is 0 Å². The molecule has 1 aromatic carbocycles. The Morgan fingerprint density at radius 1 is 1.38 bits per heavy atom. The summed E-state index contributed by atoms with van der Waals surface area (Å²) in [5.74, 6) is -0.315. The van der Waals surface area contributed by atoms with E-state index in [4.69, 9.17) is 9.15 Å². The minimum Gasteiger partial charge on any atom is -0.462 e. The number of rotatable bonds is 5. The number of ether oxygens (including phenoxy) is 1. The molecule has 0 atom stereocenters. The summed E-state index contributed by atoms with van der Waals surface area (Å²) < 4.78 is 10.0. The standard InChI is InChI=1S/C14H11NO6/c1-2-20-14(17)10-5-9(6-11(7-10)15(18)19)13-4-3-12(8-16)21-13/h3-8H,2H2,1H3. The van der Waals surface area contributed by atoms with Crippen LogP contribution in [0.5, 0.6) is 0 Å². The molecule has 0 saturated carbocycles. The minimum atomic E-state index is -0.662. The molecule has 0 amide bonds. The summed E-state index contributed by atoms with van der Waals surface area (Å²) in [4.78, 5) is 32.7. The van der Waals surface area contributed by atoms with Gasteiger partial charge in [-0.25, -0.2) is 4.79 Å². The average Bonchev–Trinajstić information content (AvgIpc) is 2.96. The number of nitro benzene ring substituents is 1. The number of nitro groups is 1. The van der Waals surface area contributed by atoms with E-state index in [9.17, 15) is 19.7 Å². The van der Waals surface area contributed by atoms with Gasteiger partial charge >= 0.3 is 5.97 Å². The Morgan fingerprint density at radius 2 is 2.14 bits per heavy atom. The van der Waals surface area contributed by atoms with Crippen molar-refractivity contribution in [2.24, 2.45) is 0 Å². The molecule has 1 aromatic heterocycles. The first kappa shape index (κ1) is 14.4. The Hall–Kier alpha value is -2.96.